The lowest BCUT2D eigenvalue weighted by atomic mass is 9.93. The molecule has 1 aromatic heterocycles. The average molecular weight is 531 g/mol. The Morgan fingerprint density at radius 1 is 1.13 bits per heavy atom. The van der Waals surface area contributed by atoms with Crippen molar-refractivity contribution in [3.05, 3.63) is 106 Å². The van der Waals surface area contributed by atoms with Gasteiger partial charge in [0.15, 0.2) is 17.7 Å². The number of carboxylic acid groups (broad SMARTS) is 1. The van der Waals surface area contributed by atoms with Crippen LogP contribution in [0.5, 0.6) is 5.75 Å². The molecule has 4 aromatic rings. The summed E-state index contributed by atoms with van der Waals surface area (Å²) >= 11 is 5.93. The van der Waals surface area contributed by atoms with Crippen molar-refractivity contribution in [1.29, 1.82) is 0 Å². The van der Waals surface area contributed by atoms with Crippen LogP contribution in [0.1, 0.15) is 22.4 Å². The molecule has 0 bridgehead atoms. The van der Waals surface area contributed by atoms with Gasteiger partial charge in [-0.2, -0.15) is 0 Å². The molecule has 0 aliphatic carbocycles. The van der Waals surface area contributed by atoms with Crippen molar-refractivity contribution in [2.75, 3.05) is 6.61 Å². The fourth-order valence-electron chi connectivity index (χ4n) is 4.18. The van der Waals surface area contributed by atoms with Crippen LogP contribution in [0.3, 0.4) is 0 Å². The zero-order valence-electron chi connectivity index (χ0n) is 20.2. The fourth-order valence-corrected chi connectivity index (χ4v) is 4.31. The summed E-state index contributed by atoms with van der Waals surface area (Å²) in [4.78, 5) is 34.4. The Kier molecular flexibility index (Phi) is 7.56. The highest BCUT2D eigenvalue weighted by Crippen LogP contribution is 2.34. The van der Waals surface area contributed by atoms with Crippen molar-refractivity contribution < 1.29 is 28.7 Å². The van der Waals surface area contributed by atoms with Crippen molar-refractivity contribution >= 4 is 29.2 Å². The normalized spacial score (nSPS) is 14.6. The van der Waals surface area contributed by atoms with Crippen molar-refractivity contribution in [2.45, 2.75) is 25.5 Å². The number of aliphatic carboxylic acids is 1. The van der Waals surface area contributed by atoms with Crippen LogP contribution in [0.25, 0.3) is 17.2 Å². The zero-order valence-corrected chi connectivity index (χ0v) is 20.9. The largest absolute Gasteiger partial charge is 0.493 e. The number of hydrogen-bond acceptors (Lipinski definition) is 7. The number of aromatic nitrogens is 1. The molecule has 0 spiro atoms. The summed E-state index contributed by atoms with van der Waals surface area (Å²) in [6.07, 6.45) is 2.27. The first-order chi connectivity index (χ1) is 18.5. The fraction of sp³-hybridized carbons (Fsp3) is 0.172. The smallest absolute Gasteiger partial charge is 0.329 e. The second kappa shape index (κ2) is 11.4. The molecule has 0 saturated carbocycles. The number of fused-ring (bicyclic) bond motifs is 1. The van der Waals surface area contributed by atoms with E-state index in [1.807, 2.05) is 36.3 Å². The molecule has 0 radical (unpaired) electrons. The van der Waals surface area contributed by atoms with E-state index in [9.17, 15) is 14.7 Å². The molecule has 3 aromatic carbocycles. The van der Waals surface area contributed by atoms with Gasteiger partial charge in [-0.15, -0.1) is 0 Å². The topological polar surface area (TPSA) is 102 Å². The van der Waals surface area contributed by atoms with Gasteiger partial charge in [-0.25, -0.2) is 19.6 Å². The highest BCUT2D eigenvalue weighted by molar-refractivity contribution is 6.30. The first-order valence-electron chi connectivity index (χ1n) is 11.9. The average Bonchev–Trinajstić information content (AvgIpc) is 3.41. The highest BCUT2D eigenvalue weighted by Gasteiger charge is 2.36. The van der Waals surface area contributed by atoms with Gasteiger partial charge < -0.3 is 14.3 Å². The van der Waals surface area contributed by atoms with E-state index in [-0.39, 0.29) is 18.7 Å². The Balaban J connectivity index is 1.28. The monoisotopic (exact) mass is 530 g/mol. The molecule has 1 aliphatic heterocycles. The molecule has 1 atom stereocenters. The van der Waals surface area contributed by atoms with Gasteiger partial charge in [0.05, 0.1) is 18.9 Å². The van der Waals surface area contributed by atoms with Gasteiger partial charge >= 0.3 is 5.97 Å². The number of halogens is 1. The van der Waals surface area contributed by atoms with Gasteiger partial charge in [0.1, 0.15) is 12.0 Å². The quantitative estimate of drug-likeness (QED) is 0.293. The summed E-state index contributed by atoms with van der Waals surface area (Å²) in [6.45, 7) is 0.383. The molecule has 1 N–H and O–H groups in total. The van der Waals surface area contributed by atoms with E-state index in [0.717, 1.165) is 21.9 Å². The first kappa shape index (κ1) is 25.3. The Morgan fingerprint density at radius 2 is 1.92 bits per heavy atom. The highest BCUT2D eigenvalue weighted by atomic mass is 35.5. The van der Waals surface area contributed by atoms with Gasteiger partial charge in [0.25, 0.3) is 0 Å². The summed E-state index contributed by atoms with van der Waals surface area (Å²) in [7, 11) is 0. The minimum Gasteiger partial charge on any atom is -0.493 e. The van der Waals surface area contributed by atoms with Crippen molar-refractivity contribution in [3.8, 4) is 17.2 Å². The lowest BCUT2D eigenvalue weighted by Gasteiger charge is -2.35. The van der Waals surface area contributed by atoms with E-state index in [1.54, 1.807) is 48.7 Å². The lowest BCUT2D eigenvalue weighted by Crippen LogP contribution is -2.44. The molecule has 8 nitrogen and oxygen atoms in total. The van der Waals surface area contributed by atoms with Crippen LogP contribution in [0.15, 0.2) is 83.5 Å². The van der Waals surface area contributed by atoms with E-state index in [1.165, 1.54) is 0 Å². The second-order valence-corrected chi connectivity index (χ2v) is 9.10. The number of hydrogen-bond donors (Lipinski definition) is 1. The van der Waals surface area contributed by atoms with Crippen molar-refractivity contribution in [3.63, 3.8) is 0 Å². The Morgan fingerprint density at radius 3 is 2.66 bits per heavy atom. The minimum atomic E-state index is -1.11. The Hall–Kier alpha value is -4.36. The standard InChI is InChI=1S/C29H23ClN2O6/c30-22-9-6-19(7-10-22)17-38-32-26(29(34)35)14-21-8-11-24(15-25(21)27(32)16-33)36-13-12-23-18-37-28(31-23)20-4-2-1-3-5-20/h1-11,15,18,26H,12-14,17H2,(H,34,35). The molecular weight excluding hydrogens is 508 g/mol. The minimum absolute atomic E-state index is 0.00191. The third kappa shape index (κ3) is 5.63. The summed E-state index contributed by atoms with van der Waals surface area (Å²) in [6, 6.07) is 20.7. The second-order valence-electron chi connectivity index (χ2n) is 8.66. The van der Waals surface area contributed by atoms with Crippen LogP contribution in [-0.2, 0) is 33.9 Å². The van der Waals surface area contributed by atoms with E-state index in [2.05, 4.69) is 4.98 Å². The number of carboxylic acids is 1. The number of carbonyl (C=O) groups is 1. The summed E-state index contributed by atoms with van der Waals surface area (Å²) in [5.41, 5.74) is 3.63. The molecule has 0 fully saturated rings. The number of ether oxygens (including phenoxy) is 1. The predicted molar refractivity (Wildman–Crippen MR) is 140 cm³/mol. The summed E-state index contributed by atoms with van der Waals surface area (Å²) in [5.74, 6) is 1.83. The molecule has 38 heavy (non-hydrogen) atoms. The van der Waals surface area contributed by atoms with E-state index < -0.39 is 12.0 Å². The van der Waals surface area contributed by atoms with Gasteiger partial charge in [-0.1, -0.05) is 48.0 Å². The van der Waals surface area contributed by atoms with Crippen LogP contribution in [0, 0.1) is 0 Å². The van der Waals surface area contributed by atoms with Crippen LogP contribution in [0.4, 0.5) is 0 Å². The number of rotatable bonds is 9. The Labute approximate surface area is 223 Å². The third-order valence-electron chi connectivity index (χ3n) is 6.12. The molecular formula is C29H23ClN2O6. The maximum absolute atomic E-state index is 12.0. The van der Waals surface area contributed by atoms with E-state index in [0.29, 0.717) is 40.8 Å². The van der Waals surface area contributed by atoms with Crippen LogP contribution in [-0.4, -0.2) is 39.7 Å². The zero-order chi connectivity index (χ0) is 26.5. The third-order valence-corrected chi connectivity index (χ3v) is 6.37. The molecule has 0 amide bonds. The number of benzene rings is 3. The van der Waals surface area contributed by atoms with Gasteiger partial charge in [-0.3, -0.25) is 4.84 Å². The van der Waals surface area contributed by atoms with E-state index in [4.69, 9.17) is 25.6 Å². The molecule has 192 valence electrons. The van der Waals surface area contributed by atoms with Gasteiger partial charge in [0.2, 0.25) is 5.89 Å². The first-order valence-corrected chi connectivity index (χ1v) is 12.3. The molecule has 5 rings (SSSR count). The number of hydroxylamine groups is 2. The van der Waals surface area contributed by atoms with Crippen molar-refractivity contribution in [2.24, 2.45) is 0 Å². The van der Waals surface area contributed by atoms with Gasteiger partial charge in [0, 0.05) is 29.0 Å². The molecule has 2 heterocycles. The maximum atomic E-state index is 12.0. The molecule has 1 aliphatic rings. The van der Waals surface area contributed by atoms with Crippen molar-refractivity contribution in [1.82, 2.24) is 10.0 Å². The number of nitrogens with zero attached hydrogens (tertiary/aromatic N) is 2. The number of carbonyl (C=O) groups excluding carboxylic acids is 1. The summed E-state index contributed by atoms with van der Waals surface area (Å²) in [5, 5.41) is 11.5. The van der Waals surface area contributed by atoms with Crippen LogP contribution < -0.4 is 4.74 Å². The lowest BCUT2D eigenvalue weighted by molar-refractivity contribution is -0.177. The Bertz CT molecular complexity index is 1480. The summed E-state index contributed by atoms with van der Waals surface area (Å²) < 4.78 is 11.5. The SMILES string of the molecule is O=C=C1c2cc(OCCc3coc(-c4ccccc4)n3)ccc2CC(C(=O)O)N1OCc1ccc(Cl)cc1. The maximum Gasteiger partial charge on any atom is 0.329 e. The molecule has 0 saturated heterocycles. The predicted octanol–water partition coefficient (Wildman–Crippen LogP) is 5.23. The molecule has 1 unspecified atom stereocenters. The molecule has 9 heteroatoms. The van der Waals surface area contributed by atoms with Gasteiger partial charge in [-0.05, 0) is 47.5 Å². The van der Waals surface area contributed by atoms with E-state index >= 15 is 0 Å². The number of oxazole rings is 1. The van der Waals surface area contributed by atoms with Crippen LogP contribution in [0.2, 0.25) is 5.02 Å². The van der Waals surface area contributed by atoms with Crippen LogP contribution >= 0.6 is 11.6 Å².